The van der Waals surface area contributed by atoms with Gasteiger partial charge >= 0.3 is 83.0 Å². The molecule has 45 valence electrons. The van der Waals surface area contributed by atoms with Crippen molar-refractivity contribution in [3.05, 3.63) is 33.4 Å². The zero-order chi connectivity index (χ0) is 6.69. The zero-order valence-corrected chi connectivity index (χ0v) is 9.91. The molecule has 0 amide bonds. The quantitative estimate of drug-likeness (QED) is 0.544. The third-order valence-corrected chi connectivity index (χ3v) is 2.93. The molecule has 2 heteroatoms. The third kappa shape index (κ3) is 2.45. The van der Waals surface area contributed by atoms with E-state index in [-0.39, 0.29) is 0 Å². The Labute approximate surface area is 82.3 Å². The van der Waals surface area contributed by atoms with Gasteiger partial charge in [0.15, 0.2) is 0 Å². The molecule has 0 N–H and O–H groups in total. The van der Waals surface area contributed by atoms with Gasteiger partial charge in [0.05, 0.1) is 0 Å². The summed E-state index contributed by atoms with van der Waals surface area (Å²) in [6.07, 6.45) is 0. The average Bonchev–Trinajstić information content (AvgIpc) is 1.88. The van der Waals surface area contributed by atoms with E-state index in [0.29, 0.717) is 0 Å². The Kier molecular flexibility index (Phi) is 3.32. The van der Waals surface area contributed by atoms with Crippen molar-refractivity contribution >= 4 is 45.1 Å². The van der Waals surface area contributed by atoms with E-state index in [1.807, 2.05) is 0 Å². The zero-order valence-electron chi connectivity index (χ0n) is 4.89. The van der Waals surface area contributed by atoms with Gasteiger partial charge in [-0.25, -0.2) is 0 Å². The Bertz CT molecular complexity index is 198. The molecule has 0 heterocycles. The van der Waals surface area contributed by atoms with Crippen molar-refractivity contribution in [2.45, 2.75) is 4.44 Å². The van der Waals surface area contributed by atoms with Gasteiger partial charge in [-0.05, 0) is 0 Å². The molecule has 0 aromatic heterocycles. The fourth-order valence-electron chi connectivity index (χ4n) is 0.647. The summed E-state index contributed by atoms with van der Waals surface area (Å²) in [5, 5.41) is 0. The van der Waals surface area contributed by atoms with Crippen molar-refractivity contribution in [2.75, 3.05) is 0 Å². The van der Waals surface area contributed by atoms with E-state index in [2.05, 4.69) is 46.9 Å². The van der Waals surface area contributed by atoms with Crippen molar-refractivity contribution in [3.8, 4) is 0 Å². The Hall–Kier alpha value is 0.749. The van der Waals surface area contributed by atoms with Crippen LogP contribution in [0.5, 0.6) is 0 Å². The number of halogens is 1. The minimum absolute atomic E-state index is 1.23. The van der Waals surface area contributed by atoms with E-state index in [4.69, 9.17) is 0 Å². The van der Waals surface area contributed by atoms with Crippen LogP contribution >= 0.6 is 22.6 Å². The van der Waals surface area contributed by atoms with Gasteiger partial charge in [-0.15, -0.1) is 0 Å². The van der Waals surface area contributed by atoms with Crippen molar-refractivity contribution in [2.24, 2.45) is 0 Å². The van der Waals surface area contributed by atoms with Crippen LogP contribution in [0, 0.1) is 3.57 Å². The van der Waals surface area contributed by atoms with Gasteiger partial charge in [0, 0.05) is 0 Å². The summed E-state index contributed by atoms with van der Waals surface area (Å²) in [6.45, 7) is 0. The van der Waals surface area contributed by atoms with Crippen LogP contribution in [0.15, 0.2) is 24.3 Å². The second-order valence-electron chi connectivity index (χ2n) is 1.81. The van der Waals surface area contributed by atoms with Crippen LogP contribution in [0.3, 0.4) is 0 Å². The normalized spacial score (nSPS) is 9.56. The molecule has 0 atom stereocenters. The third-order valence-electron chi connectivity index (χ3n) is 1.09. The molecule has 0 nitrogen and oxygen atoms in total. The van der Waals surface area contributed by atoms with Crippen molar-refractivity contribution < 1.29 is 0 Å². The molecule has 3 radical (unpaired) electrons. The molecule has 0 saturated heterocycles. The maximum absolute atomic E-state index is 2.34. The van der Waals surface area contributed by atoms with E-state index in [1.165, 1.54) is 13.6 Å². The first-order valence-electron chi connectivity index (χ1n) is 2.72. The molecule has 0 fully saturated rings. The standard InChI is InChI=1S/C7H6I.Sn/c1-6-3-2-4-7(8)5-6;/h2-5H,1H2;. The summed E-state index contributed by atoms with van der Waals surface area (Å²) in [4.78, 5) is 0. The second-order valence-corrected chi connectivity index (χ2v) is 4.06. The molecule has 9 heavy (non-hydrogen) atoms. The second kappa shape index (κ2) is 3.81. The van der Waals surface area contributed by atoms with E-state index >= 15 is 0 Å². The molecular weight excluding hydrogens is 330 g/mol. The summed E-state index contributed by atoms with van der Waals surface area (Å²) in [6, 6.07) is 8.64. The van der Waals surface area contributed by atoms with Crippen LogP contribution in [-0.2, 0) is 4.44 Å². The predicted octanol–water partition coefficient (Wildman–Crippen LogP) is 1.96. The summed E-state index contributed by atoms with van der Waals surface area (Å²) in [5.41, 5.74) is 1.46. The average molecular weight is 336 g/mol. The van der Waals surface area contributed by atoms with Gasteiger partial charge in [0.1, 0.15) is 0 Å². The monoisotopic (exact) mass is 337 g/mol. The molecule has 0 unspecified atom stereocenters. The molecule has 1 aromatic carbocycles. The van der Waals surface area contributed by atoms with Crippen LogP contribution < -0.4 is 0 Å². The predicted molar refractivity (Wildman–Crippen MR) is 48.6 cm³/mol. The molecule has 1 aromatic rings. The molecule has 0 aliphatic heterocycles. The topological polar surface area (TPSA) is 0 Å². The van der Waals surface area contributed by atoms with Gasteiger partial charge in [0.2, 0.25) is 0 Å². The van der Waals surface area contributed by atoms with Gasteiger partial charge in [-0.1, -0.05) is 0 Å². The first-order chi connectivity index (χ1) is 4.33. The van der Waals surface area contributed by atoms with Crippen molar-refractivity contribution in [1.29, 1.82) is 0 Å². The van der Waals surface area contributed by atoms with E-state index in [0.717, 1.165) is 0 Å². The first kappa shape index (κ1) is 7.85. The Morgan fingerprint density at radius 3 is 2.67 bits per heavy atom. The van der Waals surface area contributed by atoms with Crippen molar-refractivity contribution in [3.63, 3.8) is 0 Å². The Morgan fingerprint density at radius 1 is 1.44 bits per heavy atom. The molecule has 0 saturated carbocycles. The molecular formula is C7H6ISn. The fraction of sp³-hybridized carbons (Fsp3) is 0.143. The van der Waals surface area contributed by atoms with Crippen LogP contribution in [0.4, 0.5) is 0 Å². The summed E-state index contributed by atoms with van der Waals surface area (Å²) < 4.78 is 2.57. The fourth-order valence-corrected chi connectivity index (χ4v) is 1.88. The number of benzene rings is 1. The molecule has 0 bridgehead atoms. The first-order valence-corrected chi connectivity index (χ1v) is 5.81. The number of rotatable bonds is 1. The van der Waals surface area contributed by atoms with E-state index in [1.54, 1.807) is 22.5 Å². The van der Waals surface area contributed by atoms with E-state index < -0.39 is 0 Å². The summed E-state index contributed by atoms with van der Waals surface area (Å²) in [7, 11) is 0. The maximum atomic E-state index is 2.34. The molecule has 0 aliphatic carbocycles. The minimum atomic E-state index is 1.23. The molecule has 0 spiro atoms. The van der Waals surface area contributed by atoms with Crippen molar-refractivity contribution in [1.82, 2.24) is 0 Å². The van der Waals surface area contributed by atoms with Gasteiger partial charge in [0.25, 0.3) is 0 Å². The van der Waals surface area contributed by atoms with Crippen LogP contribution in [0.25, 0.3) is 0 Å². The summed E-state index contributed by atoms with van der Waals surface area (Å²) in [5.74, 6) is 0. The number of hydrogen-bond acceptors (Lipinski definition) is 0. The number of hydrogen-bond donors (Lipinski definition) is 0. The van der Waals surface area contributed by atoms with Crippen LogP contribution in [0.2, 0.25) is 0 Å². The van der Waals surface area contributed by atoms with E-state index in [9.17, 15) is 0 Å². The molecule has 1 rings (SSSR count). The van der Waals surface area contributed by atoms with Gasteiger partial charge < -0.3 is 0 Å². The Morgan fingerprint density at radius 2 is 2.22 bits per heavy atom. The van der Waals surface area contributed by atoms with Crippen LogP contribution in [-0.4, -0.2) is 22.5 Å². The molecule has 0 aliphatic rings. The summed E-state index contributed by atoms with van der Waals surface area (Å²) >= 11 is 3.93. The SMILES string of the molecule is [Sn][CH2]c1cccc(I)c1. The van der Waals surface area contributed by atoms with Gasteiger partial charge in [-0.2, -0.15) is 0 Å². The van der Waals surface area contributed by atoms with Gasteiger partial charge in [-0.3, -0.25) is 0 Å². The van der Waals surface area contributed by atoms with Crippen LogP contribution in [0.1, 0.15) is 5.56 Å². The Balaban J connectivity index is 2.94.